The molecule has 0 spiro atoms. The summed E-state index contributed by atoms with van der Waals surface area (Å²) in [5.41, 5.74) is 4.38. The summed E-state index contributed by atoms with van der Waals surface area (Å²) in [5, 5.41) is 3.24. The molecule has 2 rings (SSSR count). The van der Waals surface area contributed by atoms with E-state index in [4.69, 9.17) is 10.3 Å². The summed E-state index contributed by atoms with van der Waals surface area (Å²) in [6.45, 7) is 10.3. The van der Waals surface area contributed by atoms with E-state index in [0.29, 0.717) is 18.3 Å². The van der Waals surface area contributed by atoms with E-state index in [1.54, 1.807) is 0 Å². The van der Waals surface area contributed by atoms with Gasteiger partial charge in [-0.2, -0.15) is 0 Å². The average molecular weight is 290 g/mol. The molecular formula is C14H22N6O. The van der Waals surface area contributed by atoms with Crippen molar-refractivity contribution in [2.45, 2.75) is 47.1 Å². The van der Waals surface area contributed by atoms with Crippen LogP contribution in [-0.2, 0) is 6.54 Å². The Hall–Kier alpha value is -2.15. The Morgan fingerprint density at radius 3 is 2.29 bits per heavy atom. The number of nitrogens with one attached hydrogen (secondary N) is 2. The topological polar surface area (TPSA) is 102 Å². The SMILES string of the molecule is Cc1nc(CNc2nc(C(C)C)nc(NN)c2C)oc1C. The summed E-state index contributed by atoms with van der Waals surface area (Å²) in [6, 6.07) is 0. The fraction of sp³-hybridized carbons (Fsp3) is 0.500. The normalized spacial score (nSPS) is 11.0. The molecule has 21 heavy (non-hydrogen) atoms. The lowest BCUT2D eigenvalue weighted by Crippen LogP contribution is -2.15. The van der Waals surface area contributed by atoms with Gasteiger partial charge in [0, 0.05) is 11.5 Å². The summed E-state index contributed by atoms with van der Waals surface area (Å²) in [6.07, 6.45) is 0. The number of aryl methyl sites for hydroxylation is 2. The highest BCUT2D eigenvalue weighted by molar-refractivity contribution is 5.56. The minimum absolute atomic E-state index is 0.212. The number of oxazole rings is 1. The molecule has 4 N–H and O–H groups in total. The van der Waals surface area contributed by atoms with E-state index >= 15 is 0 Å². The molecule has 7 heteroatoms. The highest BCUT2D eigenvalue weighted by atomic mass is 16.4. The van der Waals surface area contributed by atoms with Crippen LogP contribution in [0.15, 0.2) is 4.42 Å². The summed E-state index contributed by atoms with van der Waals surface area (Å²) in [7, 11) is 0. The molecule has 0 bridgehead atoms. The molecule has 7 nitrogen and oxygen atoms in total. The van der Waals surface area contributed by atoms with Crippen LogP contribution in [0, 0.1) is 20.8 Å². The Balaban J connectivity index is 2.24. The Bertz CT molecular complexity index is 615. The second kappa shape index (κ2) is 6.09. The fourth-order valence-corrected chi connectivity index (χ4v) is 1.88. The van der Waals surface area contributed by atoms with Crippen LogP contribution in [0.25, 0.3) is 0 Å². The first kappa shape index (κ1) is 15.2. The molecule has 2 heterocycles. The largest absolute Gasteiger partial charge is 0.444 e. The van der Waals surface area contributed by atoms with E-state index in [0.717, 1.165) is 28.7 Å². The molecular weight excluding hydrogens is 268 g/mol. The molecule has 0 saturated heterocycles. The van der Waals surface area contributed by atoms with E-state index in [1.807, 2.05) is 34.6 Å². The molecule has 0 aromatic carbocycles. The predicted octanol–water partition coefficient (Wildman–Crippen LogP) is 2.41. The molecule has 0 unspecified atom stereocenters. The second-order valence-corrected chi connectivity index (χ2v) is 5.31. The Morgan fingerprint density at radius 2 is 1.76 bits per heavy atom. The number of aromatic nitrogens is 3. The molecule has 114 valence electrons. The highest BCUT2D eigenvalue weighted by Gasteiger charge is 2.13. The van der Waals surface area contributed by atoms with E-state index < -0.39 is 0 Å². The second-order valence-electron chi connectivity index (χ2n) is 5.31. The van der Waals surface area contributed by atoms with Gasteiger partial charge in [-0.25, -0.2) is 20.8 Å². The molecule has 0 atom stereocenters. The zero-order valence-electron chi connectivity index (χ0n) is 13.1. The van der Waals surface area contributed by atoms with Crippen molar-refractivity contribution in [3.05, 3.63) is 28.7 Å². The van der Waals surface area contributed by atoms with Gasteiger partial charge in [-0.3, -0.25) is 0 Å². The van der Waals surface area contributed by atoms with Crippen LogP contribution in [0.5, 0.6) is 0 Å². The number of rotatable bonds is 5. The maximum absolute atomic E-state index is 5.55. The minimum atomic E-state index is 0.212. The number of nitrogen functional groups attached to an aromatic ring is 1. The van der Waals surface area contributed by atoms with Crippen molar-refractivity contribution in [1.29, 1.82) is 0 Å². The van der Waals surface area contributed by atoms with Gasteiger partial charge in [-0.15, -0.1) is 0 Å². The summed E-state index contributed by atoms with van der Waals surface area (Å²) in [5.74, 6) is 9.29. The molecule has 0 radical (unpaired) electrons. The number of hydrazine groups is 1. The van der Waals surface area contributed by atoms with Crippen LogP contribution in [0.3, 0.4) is 0 Å². The number of nitrogens with two attached hydrogens (primary N) is 1. The highest BCUT2D eigenvalue weighted by Crippen LogP contribution is 2.23. The van der Waals surface area contributed by atoms with Crippen LogP contribution in [-0.4, -0.2) is 15.0 Å². The van der Waals surface area contributed by atoms with Gasteiger partial charge in [0.25, 0.3) is 0 Å². The van der Waals surface area contributed by atoms with E-state index in [1.165, 1.54) is 0 Å². The van der Waals surface area contributed by atoms with Crippen LogP contribution in [0.1, 0.15) is 48.5 Å². The van der Waals surface area contributed by atoms with Crippen molar-refractivity contribution in [1.82, 2.24) is 15.0 Å². The average Bonchev–Trinajstić information content (AvgIpc) is 2.76. The van der Waals surface area contributed by atoms with E-state index in [2.05, 4.69) is 25.7 Å². The van der Waals surface area contributed by atoms with Crippen LogP contribution in [0.4, 0.5) is 11.6 Å². The molecule has 0 fully saturated rings. The number of anilines is 2. The van der Waals surface area contributed by atoms with Crippen molar-refractivity contribution in [3.63, 3.8) is 0 Å². The lowest BCUT2D eigenvalue weighted by atomic mass is 10.2. The van der Waals surface area contributed by atoms with Crippen molar-refractivity contribution < 1.29 is 4.42 Å². The Morgan fingerprint density at radius 1 is 1.10 bits per heavy atom. The third kappa shape index (κ3) is 3.30. The maximum Gasteiger partial charge on any atom is 0.213 e. The summed E-state index contributed by atoms with van der Waals surface area (Å²) < 4.78 is 5.55. The van der Waals surface area contributed by atoms with E-state index in [-0.39, 0.29) is 5.92 Å². The van der Waals surface area contributed by atoms with Crippen LogP contribution in [0.2, 0.25) is 0 Å². The number of hydrogen-bond acceptors (Lipinski definition) is 7. The molecule has 0 amide bonds. The van der Waals surface area contributed by atoms with Crippen molar-refractivity contribution in [3.8, 4) is 0 Å². The fourth-order valence-electron chi connectivity index (χ4n) is 1.88. The third-order valence-corrected chi connectivity index (χ3v) is 3.30. The molecule has 2 aromatic rings. The summed E-state index contributed by atoms with van der Waals surface area (Å²) in [4.78, 5) is 13.3. The van der Waals surface area contributed by atoms with Gasteiger partial charge in [0.05, 0.1) is 12.2 Å². The predicted molar refractivity (Wildman–Crippen MR) is 82.0 cm³/mol. The minimum Gasteiger partial charge on any atom is -0.444 e. The molecule has 0 aliphatic heterocycles. The Labute approximate surface area is 124 Å². The van der Waals surface area contributed by atoms with Gasteiger partial charge in [0.15, 0.2) is 0 Å². The van der Waals surface area contributed by atoms with Crippen LogP contribution < -0.4 is 16.6 Å². The van der Waals surface area contributed by atoms with Gasteiger partial charge >= 0.3 is 0 Å². The zero-order valence-corrected chi connectivity index (χ0v) is 13.1. The lowest BCUT2D eigenvalue weighted by molar-refractivity contribution is 0.478. The Kier molecular flexibility index (Phi) is 4.42. The first-order chi connectivity index (χ1) is 9.92. The number of hydrogen-bond donors (Lipinski definition) is 3. The molecule has 2 aromatic heterocycles. The summed E-state index contributed by atoms with van der Waals surface area (Å²) >= 11 is 0. The van der Waals surface area contributed by atoms with E-state index in [9.17, 15) is 0 Å². The first-order valence-corrected chi connectivity index (χ1v) is 6.94. The van der Waals surface area contributed by atoms with Gasteiger partial charge in [0.1, 0.15) is 23.2 Å². The molecule has 0 aliphatic rings. The molecule has 0 aliphatic carbocycles. The van der Waals surface area contributed by atoms with Gasteiger partial charge in [-0.05, 0) is 20.8 Å². The van der Waals surface area contributed by atoms with Gasteiger partial charge in [-0.1, -0.05) is 13.8 Å². The molecule has 0 saturated carbocycles. The van der Waals surface area contributed by atoms with Crippen molar-refractivity contribution >= 4 is 11.6 Å². The number of nitrogens with zero attached hydrogens (tertiary/aromatic N) is 3. The standard InChI is InChI=1S/C14H22N6O/c1-7(2)12-18-13(8(3)14(19-12)20-15)16-6-11-17-9(4)10(5)21-11/h7H,6,15H2,1-5H3,(H2,16,18,19,20). The van der Waals surface area contributed by atoms with Crippen molar-refractivity contribution in [2.24, 2.45) is 5.84 Å². The quantitative estimate of drug-likeness (QED) is 0.574. The smallest absolute Gasteiger partial charge is 0.213 e. The monoisotopic (exact) mass is 290 g/mol. The van der Waals surface area contributed by atoms with Crippen LogP contribution >= 0.6 is 0 Å². The lowest BCUT2D eigenvalue weighted by Gasteiger charge is -2.14. The van der Waals surface area contributed by atoms with Gasteiger partial charge in [0.2, 0.25) is 5.89 Å². The van der Waals surface area contributed by atoms with Gasteiger partial charge < -0.3 is 15.2 Å². The first-order valence-electron chi connectivity index (χ1n) is 6.94. The maximum atomic E-state index is 5.55. The van der Waals surface area contributed by atoms with Crippen molar-refractivity contribution in [2.75, 3.05) is 10.7 Å². The third-order valence-electron chi connectivity index (χ3n) is 3.30. The zero-order chi connectivity index (χ0) is 15.6.